The lowest BCUT2D eigenvalue weighted by atomic mass is 9.89. The molecule has 1 aromatic heterocycles. The lowest BCUT2D eigenvalue weighted by Crippen LogP contribution is -2.41. The Balaban J connectivity index is 1.48. The van der Waals surface area contributed by atoms with Crippen LogP contribution in [0.3, 0.4) is 0 Å². The van der Waals surface area contributed by atoms with Gasteiger partial charge in [-0.05, 0) is 68.7 Å². The molecule has 32 heavy (non-hydrogen) atoms. The molecule has 2 heteroatoms. The standard InChI is InChI=1S/C30H30N2/c1-3-11-21(12-4-1)31-27-17-9-7-15-23(27)25-19-26-24-16-8-10-18-28(24)32(30(26)20-29(25)31)22-13-5-2-6-14-22/h1,3,5,7-9,13-17,19-21,23,27H,2,4,6,10-12,18H2. The van der Waals surface area contributed by atoms with Crippen molar-refractivity contribution in [3.63, 3.8) is 0 Å². The number of hydrogen-bond acceptors (Lipinski definition) is 1. The van der Waals surface area contributed by atoms with Crippen LogP contribution >= 0.6 is 0 Å². The van der Waals surface area contributed by atoms with Crippen LogP contribution in [-0.4, -0.2) is 16.7 Å². The maximum atomic E-state index is 2.76. The van der Waals surface area contributed by atoms with Gasteiger partial charge in [0.25, 0.3) is 0 Å². The maximum absolute atomic E-state index is 2.76. The number of anilines is 1. The molecule has 0 fully saturated rings. The topological polar surface area (TPSA) is 8.17 Å². The summed E-state index contributed by atoms with van der Waals surface area (Å²) in [7, 11) is 0. The van der Waals surface area contributed by atoms with E-state index in [1.54, 1.807) is 0 Å². The van der Waals surface area contributed by atoms with Gasteiger partial charge >= 0.3 is 0 Å². The first-order valence-corrected chi connectivity index (χ1v) is 12.4. The Hall–Kier alpha value is -3.00. The van der Waals surface area contributed by atoms with Gasteiger partial charge in [-0.25, -0.2) is 0 Å². The molecule has 3 unspecified atom stereocenters. The summed E-state index contributed by atoms with van der Waals surface area (Å²) in [6.45, 7) is 0. The number of benzene rings is 1. The number of rotatable bonds is 2. The van der Waals surface area contributed by atoms with Gasteiger partial charge in [-0.15, -0.1) is 0 Å². The van der Waals surface area contributed by atoms with Crippen molar-refractivity contribution in [2.45, 2.75) is 62.9 Å². The van der Waals surface area contributed by atoms with Gasteiger partial charge in [0.05, 0.1) is 11.6 Å². The quantitative estimate of drug-likeness (QED) is 0.465. The lowest BCUT2D eigenvalue weighted by molar-refractivity contribution is 0.512. The molecule has 0 saturated heterocycles. The van der Waals surface area contributed by atoms with E-state index < -0.39 is 0 Å². The second-order valence-corrected chi connectivity index (χ2v) is 9.81. The van der Waals surface area contributed by atoms with Crippen molar-refractivity contribution >= 4 is 28.4 Å². The molecule has 0 bridgehead atoms. The van der Waals surface area contributed by atoms with Crippen LogP contribution in [0.2, 0.25) is 0 Å². The maximum Gasteiger partial charge on any atom is 0.0583 e. The summed E-state index contributed by atoms with van der Waals surface area (Å²) < 4.78 is 2.58. The first-order chi connectivity index (χ1) is 15.9. The largest absolute Gasteiger partial charge is 0.361 e. The zero-order chi connectivity index (χ0) is 21.1. The van der Waals surface area contributed by atoms with Crippen molar-refractivity contribution in [1.82, 2.24) is 4.57 Å². The average molecular weight is 419 g/mol. The Kier molecular flexibility index (Phi) is 4.21. The molecule has 2 aromatic rings. The predicted molar refractivity (Wildman–Crippen MR) is 136 cm³/mol. The predicted octanol–water partition coefficient (Wildman–Crippen LogP) is 7.30. The highest BCUT2D eigenvalue weighted by Gasteiger charge is 2.40. The van der Waals surface area contributed by atoms with Crippen molar-refractivity contribution in [2.24, 2.45) is 0 Å². The van der Waals surface area contributed by atoms with E-state index >= 15 is 0 Å². The minimum Gasteiger partial charge on any atom is -0.361 e. The summed E-state index contributed by atoms with van der Waals surface area (Å²) in [5, 5.41) is 1.43. The van der Waals surface area contributed by atoms with Gasteiger partial charge < -0.3 is 9.47 Å². The molecule has 2 nitrogen and oxygen atoms in total. The van der Waals surface area contributed by atoms with E-state index in [1.807, 2.05) is 0 Å². The molecule has 0 amide bonds. The molecule has 2 heterocycles. The highest BCUT2D eigenvalue weighted by atomic mass is 15.2. The zero-order valence-corrected chi connectivity index (χ0v) is 18.6. The lowest BCUT2D eigenvalue weighted by Gasteiger charge is -2.37. The summed E-state index contributed by atoms with van der Waals surface area (Å²) in [5.41, 5.74) is 8.67. The molecule has 0 N–H and O–H groups in total. The van der Waals surface area contributed by atoms with Gasteiger partial charge in [0.2, 0.25) is 0 Å². The number of allylic oxidation sites excluding steroid dienone is 8. The van der Waals surface area contributed by atoms with Crippen molar-refractivity contribution in [3.05, 3.63) is 89.7 Å². The molecule has 0 saturated carbocycles. The fraction of sp³-hybridized carbons (Fsp3) is 0.333. The first kappa shape index (κ1) is 18.6. The number of fused-ring (bicyclic) bond motifs is 6. The molecule has 160 valence electrons. The molecular weight excluding hydrogens is 388 g/mol. The van der Waals surface area contributed by atoms with Crippen LogP contribution < -0.4 is 4.90 Å². The Labute approximate surface area is 190 Å². The van der Waals surface area contributed by atoms with E-state index in [4.69, 9.17) is 0 Å². The third kappa shape index (κ3) is 2.65. The summed E-state index contributed by atoms with van der Waals surface area (Å²) in [6.07, 6.45) is 34.1. The summed E-state index contributed by atoms with van der Waals surface area (Å²) >= 11 is 0. The third-order valence-corrected chi connectivity index (χ3v) is 8.02. The van der Waals surface area contributed by atoms with Crippen LogP contribution in [0, 0.1) is 0 Å². The molecule has 3 atom stereocenters. The Morgan fingerprint density at radius 3 is 2.66 bits per heavy atom. The highest BCUT2D eigenvalue weighted by Crippen LogP contribution is 2.49. The number of hydrogen-bond donors (Lipinski definition) is 0. The van der Waals surface area contributed by atoms with Crippen LogP contribution in [0.25, 0.3) is 22.7 Å². The second-order valence-electron chi connectivity index (χ2n) is 9.81. The molecule has 0 radical (unpaired) electrons. The molecule has 4 aliphatic carbocycles. The van der Waals surface area contributed by atoms with E-state index in [0.29, 0.717) is 18.0 Å². The summed E-state index contributed by atoms with van der Waals surface area (Å²) in [6, 6.07) is 6.13. The molecule has 1 aromatic carbocycles. The summed E-state index contributed by atoms with van der Waals surface area (Å²) in [4.78, 5) is 2.76. The zero-order valence-electron chi connectivity index (χ0n) is 18.6. The van der Waals surface area contributed by atoms with E-state index in [2.05, 4.69) is 88.4 Å². The minimum atomic E-state index is 0.451. The number of nitrogens with zero attached hydrogens (tertiary/aromatic N) is 2. The molecule has 5 aliphatic rings. The van der Waals surface area contributed by atoms with Gasteiger partial charge in [-0.2, -0.15) is 0 Å². The Morgan fingerprint density at radius 1 is 0.844 bits per heavy atom. The second kappa shape index (κ2) is 7.27. The summed E-state index contributed by atoms with van der Waals surface area (Å²) in [5.74, 6) is 0.464. The highest BCUT2D eigenvalue weighted by molar-refractivity contribution is 5.98. The Morgan fingerprint density at radius 2 is 1.78 bits per heavy atom. The van der Waals surface area contributed by atoms with E-state index in [0.717, 1.165) is 32.1 Å². The monoisotopic (exact) mass is 418 g/mol. The number of aromatic nitrogens is 1. The van der Waals surface area contributed by atoms with Crippen LogP contribution in [0.4, 0.5) is 5.69 Å². The molecular formula is C30H30N2. The smallest absolute Gasteiger partial charge is 0.0583 e. The van der Waals surface area contributed by atoms with Gasteiger partial charge in [0.15, 0.2) is 0 Å². The SMILES string of the molecule is C1=CC2c3cc4c5c(n(C6=CCCC=C6)c4cc3N(C3CC=CCC3)C2C=C1)CCC=C5. The van der Waals surface area contributed by atoms with Crippen molar-refractivity contribution in [3.8, 4) is 0 Å². The fourth-order valence-corrected chi connectivity index (χ4v) is 6.60. The minimum absolute atomic E-state index is 0.451. The van der Waals surface area contributed by atoms with Gasteiger partial charge in [-0.3, -0.25) is 0 Å². The van der Waals surface area contributed by atoms with Gasteiger partial charge in [0, 0.05) is 40.0 Å². The van der Waals surface area contributed by atoms with E-state index in [1.165, 1.54) is 51.9 Å². The van der Waals surface area contributed by atoms with E-state index in [-0.39, 0.29) is 0 Å². The van der Waals surface area contributed by atoms with Crippen LogP contribution in [0.15, 0.2) is 72.9 Å². The molecule has 7 rings (SSSR count). The molecule has 0 spiro atoms. The normalized spacial score (nSPS) is 27.6. The molecule has 1 aliphatic heterocycles. The van der Waals surface area contributed by atoms with Crippen molar-refractivity contribution < 1.29 is 0 Å². The van der Waals surface area contributed by atoms with Crippen molar-refractivity contribution in [2.75, 3.05) is 4.90 Å². The van der Waals surface area contributed by atoms with E-state index in [9.17, 15) is 0 Å². The van der Waals surface area contributed by atoms with Gasteiger partial charge in [0.1, 0.15) is 0 Å². The van der Waals surface area contributed by atoms with Gasteiger partial charge in [-0.1, -0.05) is 60.8 Å². The van der Waals surface area contributed by atoms with Crippen LogP contribution in [0.1, 0.15) is 61.3 Å². The fourth-order valence-electron chi connectivity index (χ4n) is 6.60. The van der Waals surface area contributed by atoms with Crippen LogP contribution in [0.5, 0.6) is 0 Å². The van der Waals surface area contributed by atoms with Crippen molar-refractivity contribution in [1.29, 1.82) is 0 Å². The average Bonchev–Trinajstić information content (AvgIpc) is 3.36. The first-order valence-electron chi connectivity index (χ1n) is 12.4. The third-order valence-electron chi connectivity index (χ3n) is 8.02. The Bertz CT molecular complexity index is 1280. The van der Waals surface area contributed by atoms with Crippen LogP contribution in [-0.2, 0) is 6.42 Å².